The Morgan fingerprint density at radius 3 is 2.68 bits per heavy atom. The van der Waals surface area contributed by atoms with Gasteiger partial charge in [0.2, 0.25) is 0 Å². The molecule has 0 aromatic carbocycles. The van der Waals surface area contributed by atoms with Crippen molar-refractivity contribution in [3.8, 4) is 0 Å². The standard InChI is InChI=1S/C22H31N5O4/c1-4-27-19-15(11-22(13-23-20(19)28)5-7-31-8-6-22)17(25-27)9-14(2)10-18-16(21(29)30)12-26(3)24-18/h12,14H,4-11,13H2,1-3H3,(H,23,28)(H,29,30)/t14-/m1/s1. The van der Waals surface area contributed by atoms with Gasteiger partial charge in [-0.3, -0.25) is 14.2 Å². The minimum atomic E-state index is -0.961. The summed E-state index contributed by atoms with van der Waals surface area (Å²) in [4.78, 5) is 24.5. The lowest BCUT2D eigenvalue weighted by Crippen LogP contribution is -2.40. The van der Waals surface area contributed by atoms with E-state index in [0.29, 0.717) is 37.3 Å². The summed E-state index contributed by atoms with van der Waals surface area (Å²) in [5.74, 6) is -0.878. The smallest absolute Gasteiger partial charge is 0.339 e. The fourth-order valence-electron chi connectivity index (χ4n) is 4.92. The van der Waals surface area contributed by atoms with Gasteiger partial charge in [-0.05, 0) is 50.4 Å². The molecule has 2 aliphatic rings. The van der Waals surface area contributed by atoms with Crippen molar-refractivity contribution in [2.75, 3.05) is 19.8 Å². The van der Waals surface area contributed by atoms with Crippen molar-refractivity contribution < 1.29 is 19.4 Å². The molecule has 0 radical (unpaired) electrons. The van der Waals surface area contributed by atoms with Crippen LogP contribution in [0, 0.1) is 11.3 Å². The fraction of sp³-hybridized carbons (Fsp3) is 0.636. The van der Waals surface area contributed by atoms with E-state index in [1.54, 1.807) is 17.9 Å². The van der Waals surface area contributed by atoms with Crippen LogP contribution < -0.4 is 5.32 Å². The Kier molecular flexibility index (Phi) is 5.88. The highest BCUT2D eigenvalue weighted by molar-refractivity contribution is 5.94. The Hall–Kier alpha value is -2.68. The van der Waals surface area contributed by atoms with Gasteiger partial charge in [0.05, 0.1) is 11.4 Å². The van der Waals surface area contributed by atoms with Gasteiger partial charge in [0.25, 0.3) is 5.91 Å². The molecule has 1 saturated heterocycles. The highest BCUT2D eigenvalue weighted by Gasteiger charge is 2.39. The lowest BCUT2D eigenvalue weighted by Gasteiger charge is -2.36. The molecule has 1 spiro atoms. The van der Waals surface area contributed by atoms with E-state index in [1.165, 1.54) is 0 Å². The summed E-state index contributed by atoms with van der Waals surface area (Å²) in [6.45, 7) is 6.81. The van der Waals surface area contributed by atoms with Crippen LogP contribution in [0.3, 0.4) is 0 Å². The third-order valence-corrected chi connectivity index (χ3v) is 6.60. The molecule has 1 atom stereocenters. The van der Waals surface area contributed by atoms with E-state index in [2.05, 4.69) is 17.3 Å². The van der Waals surface area contributed by atoms with Crippen molar-refractivity contribution in [3.63, 3.8) is 0 Å². The molecular weight excluding hydrogens is 398 g/mol. The number of carbonyl (C=O) groups is 2. The molecule has 2 N–H and O–H groups in total. The summed E-state index contributed by atoms with van der Waals surface area (Å²) in [5, 5.41) is 21.7. The van der Waals surface area contributed by atoms with Gasteiger partial charge in [0.1, 0.15) is 11.3 Å². The second-order valence-corrected chi connectivity index (χ2v) is 9.04. The predicted octanol–water partition coefficient (Wildman–Crippen LogP) is 1.84. The summed E-state index contributed by atoms with van der Waals surface area (Å²) in [7, 11) is 1.73. The van der Waals surface area contributed by atoms with Crippen LogP contribution in [0.15, 0.2) is 6.20 Å². The van der Waals surface area contributed by atoms with Gasteiger partial charge in [0, 0.05) is 45.1 Å². The molecule has 9 heteroatoms. The van der Waals surface area contributed by atoms with E-state index in [9.17, 15) is 14.7 Å². The van der Waals surface area contributed by atoms with E-state index in [4.69, 9.17) is 9.84 Å². The first-order valence-corrected chi connectivity index (χ1v) is 11.0. The maximum Gasteiger partial charge on any atom is 0.339 e. The first-order valence-electron chi connectivity index (χ1n) is 11.0. The number of carboxylic acid groups (broad SMARTS) is 1. The molecule has 0 unspecified atom stereocenters. The molecule has 4 heterocycles. The molecule has 2 aliphatic heterocycles. The van der Waals surface area contributed by atoms with Crippen LogP contribution in [0.5, 0.6) is 0 Å². The van der Waals surface area contributed by atoms with Gasteiger partial charge in [-0.1, -0.05) is 6.92 Å². The number of nitrogens with zero attached hydrogens (tertiary/aromatic N) is 4. The summed E-state index contributed by atoms with van der Waals surface area (Å²) >= 11 is 0. The molecule has 1 amide bonds. The Balaban J connectivity index is 1.62. The Labute approximate surface area is 181 Å². The largest absolute Gasteiger partial charge is 0.478 e. The number of nitrogens with one attached hydrogen (secondary N) is 1. The van der Waals surface area contributed by atoms with Crippen molar-refractivity contribution in [1.82, 2.24) is 24.9 Å². The molecule has 0 saturated carbocycles. The number of carbonyl (C=O) groups excluding carboxylic acids is 1. The highest BCUT2D eigenvalue weighted by Crippen LogP contribution is 2.38. The Morgan fingerprint density at radius 1 is 1.29 bits per heavy atom. The Bertz CT molecular complexity index is 986. The predicted molar refractivity (Wildman–Crippen MR) is 113 cm³/mol. The zero-order valence-electron chi connectivity index (χ0n) is 18.5. The maximum atomic E-state index is 12.9. The number of hydrogen-bond acceptors (Lipinski definition) is 5. The van der Waals surface area contributed by atoms with Gasteiger partial charge in [0.15, 0.2) is 0 Å². The van der Waals surface area contributed by atoms with E-state index in [1.807, 2.05) is 11.6 Å². The van der Waals surface area contributed by atoms with Gasteiger partial charge in [-0.25, -0.2) is 4.79 Å². The normalized spacial score (nSPS) is 19.0. The van der Waals surface area contributed by atoms with Gasteiger partial charge >= 0.3 is 5.97 Å². The number of ether oxygens (including phenoxy) is 1. The van der Waals surface area contributed by atoms with Crippen LogP contribution in [-0.2, 0) is 37.6 Å². The first-order chi connectivity index (χ1) is 14.8. The zero-order chi connectivity index (χ0) is 22.2. The van der Waals surface area contributed by atoms with Crippen LogP contribution in [0.1, 0.15) is 64.5 Å². The molecule has 4 rings (SSSR count). The third kappa shape index (κ3) is 4.23. The van der Waals surface area contributed by atoms with Crippen LogP contribution >= 0.6 is 0 Å². The molecule has 31 heavy (non-hydrogen) atoms. The SMILES string of the molecule is CCn1nc(C[C@@H](C)Cc2nn(C)cc2C(=O)O)c2c1C(=O)NCC1(CCOCC1)C2. The van der Waals surface area contributed by atoms with E-state index in [-0.39, 0.29) is 22.8 Å². The Morgan fingerprint density at radius 2 is 2.00 bits per heavy atom. The number of aromatic nitrogens is 4. The molecule has 9 nitrogen and oxygen atoms in total. The number of amides is 1. The molecule has 2 aromatic rings. The summed E-state index contributed by atoms with van der Waals surface area (Å²) in [5.41, 5.74) is 3.51. The summed E-state index contributed by atoms with van der Waals surface area (Å²) < 4.78 is 8.94. The average molecular weight is 430 g/mol. The number of hydrogen-bond donors (Lipinski definition) is 2. The molecule has 0 aliphatic carbocycles. The molecular formula is C22H31N5O4. The quantitative estimate of drug-likeness (QED) is 0.725. The van der Waals surface area contributed by atoms with Crippen LogP contribution in [0.4, 0.5) is 0 Å². The number of fused-ring (bicyclic) bond motifs is 1. The van der Waals surface area contributed by atoms with Crippen LogP contribution in [0.2, 0.25) is 0 Å². The minimum absolute atomic E-state index is 0.0101. The third-order valence-electron chi connectivity index (χ3n) is 6.60. The molecule has 0 bridgehead atoms. The minimum Gasteiger partial charge on any atom is -0.478 e. The van der Waals surface area contributed by atoms with Crippen molar-refractivity contribution in [3.05, 3.63) is 34.4 Å². The number of aryl methyl sites for hydroxylation is 2. The second-order valence-electron chi connectivity index (χ2n) is 9.04. The average Bonchev–Trinajstić information content (AvgIpc) is 3.22. The lowest BCUT2D eigenvalue weighted by molar-refractivity contribution is 0.0160. The van der Waals surface area contributed by atoms with Crippen LogP contribution in [-0.4, -0.2) is 56.3 Å². The van der Waals surface area contributed by atoms with Crippen molar-refractivity contribution >= 4 is 11.9 Å². The van der Waals surface area contributed by atoms with Crippen molar-refractivity contribution in [2.24, 2.45) is 18.4 Å². The molecule has 1 fully saturated rings. The molecule has 2 aromatic heterocycles. The number of carboxylic acids is 1. The number of rotatable bonds is 6. The van der Waals surface area contributed by atoms with E-state index < -0.39 is 5.97 Å². The number of aromatic carboxylic acids is 1. The van der Waals surface area contributed by atoms with Gasteiger partial charge in [-0.15, -0.1) is 0 Å². The van der Waals surface area contributed by atoms with Crippen molar-refractivity contribution in [1.29, 1.82) is 0 Å². The van der Waals surface area contributed by atoms with Gasteiger partial charge < -0.3 is 15.2 Å². The van der Waals surface area contributed by atoms with Crippen LogP contribution in [0.25, 0.3) is 0 Å². The van der Waals surface area contributed by atoms with Gasteiger partial charge in [-0.2, -0.15) is 10.2 Å². The summed E-state index contributed by atoms with van der Waals surface area (Å²) in [6.07, 6.45) is 5.42. The second kappa shape index (κ2) is 8.45. The van der Waals surface area contributed by atoms with Crippen molar-refractivity contribution in [2.45, 2.75) is 52.5 Å². The van der Waals surface area contributed by atoms with E-state index in [0.717, 1.165) is 43.7 Å². The zero-order valence-corrected chi connectivity index (χ0v) is 18.5. The monoisotopic (exact) mass is 429 g/mol. The maximum absolute atomic E-state index is 12.9. The summed E-state index contributed by atoms with van der Waals surface area (Å²) in [6, 6.07) is 0. The highest BCUT2D eigenvalue weighted by atomic mass is 16.5. The topological polar surface area (TPSA) is 111 Å². The fourth-order valence-corrected chi connectivity index (χ4v) is 4.92. The first kappa shape index (κ1) is 21.5. The van der Waals surface area contributed by atoms with E-state index >= 15 is 0 Å². The lowest BCUT2D eigenvalue weighted by atomic mass is 9.75. The molecule has 168 valence electrons.